The predicted octanol–water partition coefficient (Wildman–Crippen LogP) is 5.14. The van der Waals surface area contributed by atoms with E-state index in [-0.39, 0.29) is 5.56 Å². The molecule has 0 amide bonds. The van der Waals surface area contributed by atoms with E-state index in [1.54, 1.807) is 15.9 Å². The molecule has 4 aromatic rings. The van der Waals surface area contributed by atoms with E-state index in [0.717, 1.165) is 20.8 Å². The molecule has 25 heavy (non-hydrogen) atoms. The van der Waals surface area contributed by atoms with Crippen molar-refractivity contribution in [3.63, 3.8) is 0 Å². The molecule has 124 valence electrons. The van der Waals surface area contributed by atoms with Gasteiger partial charge in [-0.2, -0.15) is 0 Å². The summed E-state index contributed by atoms with van der Waals surface area (Å²) < 4.78 is 1.72. The molecule has 2 aromatic carbocycles. The average Bonchev–Trinajstić information content (AvgIpc) is 3.05. The van der Waals surface area contributed by atoms with Gasteiger partial charge >= 0.3 is 0 Å². The van der Waals surface area contributed by atoms with Crippen LogP contribution in [0.5, 0.6) is 0 Å². The van der Waals surface area contributed by atoms with E-state index in [9.17, 15) is 4.79 Å². The molecule has 3 nitrogen and oxygen atoms in total. The number of rotatable bonds is 3. The Hall–Kier alpha value is -2.43. The summed E-state index contributed by atoms with van der Waals surface area (Å²) in [5.41, 5.74) is 2.12. The number of thiophene rings is 1. The zero-order valence-corrected chi connectivity index (χ0v) is 15.1. The van der Waals surface area contributed by atoms with Crippen LogP contribution in [-0.4, -0.2) is 9.55 Å². The summed E-state index contributed by atoms with van der Waals surface area (Å²) in [6.07, 6.45) is 0. The van der Waals surface area contributed by atoms with Crippen LogP contribution in [-0.2, 0) is 6.54 Å². The predicted molar refractivity (Wildman–Crippen MR) is 105 cm³/mol. The highest BCUT2D eigenvalue weighted by Crippen LogP contribution is 2.31. The molecule has 0 aliphatic carbocycles. The van der Waals surface area contributed by atoms with E-state index in [1.165, 1.54) is 0 Å². The van der Waals surface area contributed by atoms with Crippen LogP contribution in [0.4, 0.5) is 0 Å². The van der Waals surface area contributed by atoms with Crippen molar-refractivity contribution < 1.29 is 0 Å². The quantitative estimate of drug-likeness (QED) is 0.503. The van der Waals surface area contributed by atoms with Gasteiger partial charge in [0.2, 0.25) is 0 Å². The maximum Gasteiger partial charge on any atom is 0.262 e. The van der Waals surface area contributed by atoms with Gasteiger partial charge < -0.3 is 0 Å². The van der Waals surface area contributed by atoms with E-state index in [2.05, 4.69) is 4.98 Å². The Morgan fingerprint density at radius 2 is 1.80 bits per heavy atom. The van der Waals surface area contributed by atoms with Crippen molar-refractivity contribution >= 4 is 33.2 Å². The molecule has 0 saturated carbocycles. The normalized spacial score (nSPS) is 11.1. The van der Waals surface area contributed by atoms with Gasteiger partial charge in [0, 0.05) is 9.90 Å². The molecule has 0 spiro atoms. The Kier molecular flexibility index (Phi) is 4.15. The number of aryl methyl sites for hydroxylation is 1. The molecule has 0 bridgehead atoms. The summed E-state index contributed by atoms with van der Waals surface area (Å²) in [4.78, 5) is 19.5. The molecule has 4 rings (SSSR count). The van der Waals surface area contributed by atoms with Crippen LogP contribution >= 0.6 is 22.9 Å². The van der Waals surface area contributed by atoms with Gasteiger partial charge in [-0.15, -0.1) is 11.3 Å². The number of hydrogen-bond acceptors (Lipinski definition) is 3. The minimum Gasteiger partial charge on any atom is -0.292 e. The van der Waals surface area contributed by atoms with E-state index in [0.29, 0.717) is 22.8 Å². The lowest BCUT2D eigenvalue weighted by atomic mass is 10.2. The first-order chi connectivity index (χ1) is 12.1. The highest BCUT2D eigenvalue weighted by molar-refractivity contribution is 7.21. The van der Waals surface area contributed by atoms with Crippen LogP contribution in [0.1, 0.15) is 11.4 Å². The Balaban J connectivity index is 1.81. The lowest BCUT2D eigenvalue weighted by Gasteiger charge is -2.09. The third-order valence-corrected chi connectivity index (χ3v) is 5.48. The Bertz CT molecular complexity index is 1100. The van der Waals surface area contributed by atoms with Crippen LogP contribution in [0.25, 0.3) is 20.7 Å². The topological polar surface area (TPSA) is 34.9 Å². The summed E-state index contributed by atoms with van der Waals surface area (Å²) in [6.45, 7) is 2.36. The summed E-state index contributed by atoms with van der Waals surface area (Å²) in [7, 11) is 0. The minimum atomic E-state index is -0.00381. The van der Waals surface area contributed by atoms with Crippen molar-refractivity contribution in [2.45, 2.75) is 13.5 Å². The SMILES string of the molecule is Cc1nc2sc(-c3ccccc3)cc2c(=O)n1Cc1ccc(Cl)cc1. The first-order valence-electron chi connectivity index (χ1n) is 7.92. The zero-order chi connectivity index (χ0) is 17.4. The first-order valence-corrected chi connectivity index (χ1v) is 9.12. The number of aromatic nitrogens is 2. The van der Waals surface area contributed by atoms with Gasteiger partial charge in [-0.25, -0.2) is 4.98 Å². The summed E-state index contributed by atoms with van der Waals surface area (Å²) in [6, 6.07) is 19.5. The van der Waals surface area contributed by atoms with Gasteiger partial charge in [0.05, 0.1) is 11.9 Å². The average molecular weight is 367 g/mol. The second-order valence-corrected chi connectivity index (χ2v) is 7.34. The van der Waals surface area contributed by atoms with Crippen molar-refractivity contribution in [3.05, 3.63) is 87.4 Å². The molecule has 0 radical (unpaired) electrons. The second-order valence-electron chi connectivity index (χ2n) is 5.87. The molecule has 0 atom stereocenters. The largest absolute Gasteiger partial charge is 0.292 e. The maximum absolute atomic E-state index is 13.0. The molecule has 0 fully saturated rings. The van der Waals surface area contributed by atoms with E-state index >= 15 is 0 Å². The highest BCUT2D eigenvalue weighted by atomic mass is 35.5. The molecule has 0 unspecified atom stereocenters. The molecule has 2 heterocycles. The maximum atomic E-state index is 13.0. The number of hydrogen-bond donors (Lipinski definition) is 0. The standard InChI is InChI=1S/C20H15ClN2OS/c1-13-22-19-17(11-18(25-19)15-5-3-2-4-6-15)20(24)23(13)12-14-7-9-16(21)10-8-14/h2-11H,12H2,1H3. The van der Waals surface area contributed by atoms with Crippen molar-refractivity contribution in [2.75, 3.05) is 0 Å². The third kappa shape index (κ3) is 3.11. The van der Waals surface area contributed by atoms with Crippen molar-refractivity contribution in [1.29, 1.82) is 0 Å². The Labute approximate surface area is 154 Å². The number of fused-ring (bicyclic) bond motifs is 1. The van der Waals surface area contributed by atoms with Crippen LogP contribution < -0.4 is 5.56 Å². The molecule has 0 saturated heterocycles. The van der Waals surface area contributed by atoms with Gasteiger partial charge in [-0.05, 0) is 36.2 Å². The monoisotopic (exact) mass is 366 g/mol. The number of halogens is 1. The molecular formula is C20H15ClN2OS. The smallest absolute Gasteiger partial charge is 0.262 e. The second kappa shape index (κ2) is 6.47. The van der Waals surface area contributed by atoms with Crippen LogP contribution in [0.3, 0.4) is 0 Å². The molecule has 5 heteroatoms. The van der Waals surface area contributed by atoms with Crippen molar-refractivity contribution in [3.8, 4) is 10.4 Å². The summed E-state index contributed by atoms with van der Waals surface area (Å²) >= 11 is 7.49. The fourth-order valence-electron chi connectivity index (χ4n) is 2.82. The minimum absolute atomic E-state index is 0.00381. The van der Waals surface area contributed by atoms with Gasteiger partial charge in [0.25, 0.3) is 5.56 Å². The molecule has 0 N–H and O–H groups in total. The highest BCUT2D eigenvalue weighted by Gasteiger charge is 2.13. The molecular weight excluding hydrogens is 352 g/mol. The van der Waals surface area contributed by atoms with Gasteiger partial charge in [-0.1, -0.05) is 54.1 Å². The lowest BCUT2D eigenvalue weighted by Crippen LogP contribution is -2.23. The van der Waals surface area contributed by atoms with Crippen molar-refractivity contribution in [1.82, 2.24) is 9.55 Å². The van der Waals surface area contributed by atoms with Gasteiger partial charge in [-0.3, -0.25) is 9.36 Å². The Morgan fingerprint density at radius 1 is 1.08 bits per heavy atom. The lowest BCUT2D eigenvalue weighted by molar-refractivity contribution is 0.714. The number of benzene rings is 2. The Morgan fingerprint density at radius 3 is 2.52 bits per heavy atom. The van der Waals surface area contributed by atoms with Gasteiger partial charge in [0.15, 0.2) is 0 Å². The zero-order valence-electron chi connectivity index (χ0n) is 13.6. The summed E-state index contributed by atoms with van der Waals surface area (Å²) in [5, 5.41) is 1.36. The van der Waals surface area contributed by atoms with Crippen LogP contribution in [0.15, 0.2) is 65.5 Å². The van der Waals surface area contributed by atoms with E-state index in [1.807, 2.05) is 67.6 Å². The summed E-state index contributed by atoms with van der Waals surface area (Å²) in [5.74, 6) is 0.717. The number of nitrogens with zero attached hydrogens (tertiary/aromatic N) is 2. The molecule has 0 aliphatic rings. The van der Waals surface area contributed by atoms with Crippen LogP contribution in [0.2, 0.25) is 5.02 Å². The third-order valence-electron chi connectivity index (χ3n) is 4.15. The van der Waals surface area contributed by atoms with E-state index < -0.39 is 0 Å². The van der Waals surface area contributed by atoms with E-state index in [4.69, 9.17) is 11.6 Å². The van der Waals surface area contributed by atoms with Crippen molar-refractivity contribution in [2.24, 2.45) is 0 Å². The van der Waals surface area contributed by atoms with Crippen LogP contribution in [0, 0.1) is 6.92 Å². The first kappa shape index (κ1) is 16.1. The molecule has 0 aliphatic heterocycles. The van der Waals surface area contributed by atoms with Gasteiger partial charge in [0.1, 0.15) is 10.7 Å². The molecule has 2 aromatic heterocycles. The fourth-order valence-corrected chi connectivity index (χ4v) is 4.02. The fraction of sp³-hybridized carbons (Fsp3) is 0.100.